The molecule has 0 saturated heterocycles. The Morgan fingerprint density at radius 1 is 1.57 bits per heavy atom. The minimum Gasteiger partial charge on any atom is -0.366 e. The van der Waals surface area contributed by atoms with Crippen LogP contribution >= 0.6 is 0 Å². The third kappa shape index (κ3) is 1.59. The van der Waals surface area contributed by atoms with Gasteiger partial charge in [-0.1, -0.05) is 0 Å². The fourth-order valence-electron chi connectivity index (χ4n) is 1.01. The summed E-state index contributed by atoms with van der Waals surface area (Å²) < 4.78 is 13.1. The van der Waals surface area contributed by atoms with Gasteiger partial charge in [-0.2, -0.15) is 5.26 Å². The first-order valence-corrected chi connectivity index (χ1v) is 3.58. The van der Waals surface area contributed by atoms with Gasteiger partial charge in [0, 0.05) is 0 Å². The number of carbonyl (C=O) groups is 2. The number of hydrogen-bond donors (Lipinski definition) is 1. The highest BCUT2D eigenvalue weighted by Crippen LogP contribution is 2.14. The summed E-state index contributed by atoms with van der Waals surface area (Å²) in [4.78, 5) is 21.2. The van der Waals surface area contributed by atoms with Gasteiger partial charge < -0.3 is 5.73 Å². The lowest BCUT2D eigenvalue weighted by atomic mass is 10.0. The smallest absolute Gasteiger partial charge is 0.249 e. The second-order valence-corrected chi connectivity index (χ2v) is 2.51. The summed E-state index contributed by atoms with van der Waals surface area (Å²) in [6, 6.07) is 3.60. The van der Waals surface area contributed by atoms with Crippen LogP contribution in [0.25, 0.3) is 0 Å². The van der Waals surface area contributed by atoms with Crippen LogP contribution in [-0.2, 0) is 0 Å². The van der Waals surface area contributed by atoms with Gasteiger partial charge in [-0.25, -0.2) is 4.39 Å². The van der Waals surface area contributed by atoms with Crippen LogP contribution in [0.2, 0.25) is 0 Å². The van der Waals surface area contributed by atoms with E-state index in [9.17, 15) is 14.0 Å². The van der Waals surface area contributed by atoms with Crippen LogP contribution in [0.4, 0.5) is 4.39 Å². The van der Waals surface area contributed by atoms with Gasteiger partial charge in [0.25, 0.3) is 0 Å². The van der Waals surface area contributed by atoms with E-state index in [0.29, 0.717) is 0 Å². The number of primary amides is 1. The number of nitriles is 1. The normalized spacial score (nSPS) is 9.14. The molecule has 70 valence electrons. The van der Waals surface area contributed by atoms with Crippen molar-refractivity contribution in [1.29, 1.82) is 5.26 Å². The number of rotatable bonds is 2. The van der Waals surface area contributed by atoms with Crippen molar-refractivity contribution >= 4 is 12.2 Å². The summed E-state index contributed by atoms with van der Waals surface area (Å²) in [5, 5.41) is 8.47. The Bertz CT molecular complexity index is 449. The highest BCUT2D eigenvalue weighted by atomic mass is 19.1. The van der Waals surface area contributed by atoms with Crippen molar-refractivity contribution in [3.63, 3.8) is 0 Å². The first-order chi connectivity index (χ1) is 6.60. The van der Waals surface area contributed by atoms with E-state index >= 15 is 0 Å². The van der Waals surface area contributed by atoms with E-state index in [1.54, 1.807) is 6.07 Å². The Morgan fingerprint density at radius 2 is 2.21 bits per heavy atom. The quantitative estimate of drug-likeness (QED) is 0.696. The average molecular weight is 192 g/mol. The largest absolute Gasteiger partial charge is 0.366 e. The number of aldehydes is 1. The van der Waals surface area contributed by atoms with Gasteiger partial charge in [0.05, 0.1) is 22.8 Å². The molecule has 0 heterocycles. The zero-order valence-corrected chi connectivity index (χ0v) is 6.95. The number of benzene rings is 1. The lowest BCUT2D eigenvalue weighted by Gasteiger charge is -2.01. The van der Waals surface area contributed by atoms with Crippen molar-refractivity contribution < 1.29 is 14.0 Å². The van der Waals surface area contributed by atoms with E-state index in [4.69, 9.17) is 11.0 Å². The Hall–Kier alpha value is -2.22. The molecular weight excluding hydrogens is 187 g/mol. The highest BCUT2D eigenvalue weighted by molar-refractivity contribution is 6.00. The van der Waals surface area contributed by atoms with Crippen molar-refractivity contribution in [1.82, 2.24) is 0 Å². The monoisotopic (exact) mass is 192 g/mol. The van der Waals surface area contributed by atoms with Crippen LogP contribution < -0.4 is 5.73 Å². The Labute approximate surface area is 78.7 Å². The maximum Gasteiger partial charge on any atom is 0.249 e. The molecule has 0 bridgehead atoms. The van der Waals surface area contributed by atoms with Gasteiger partial charge in [0.1, 0.15) is 5.82 Å². The van der Waals surface area contributed by atoms with E-state index in [1.165, 1.54) is 0 Å². The standard InChI is InChI=1S/C9H5FN2O2/c10-8-2-5(3-11)1-6(9(12)14)7(8)4-13/h1-2,4H,(H2,12,14). The zero-order valence-electron chi connectivity index (χ0n) is 6.95. The van der Waals surface area contributed by atoms with Crippen LogP contribution in [-0.4, -0.2) is 12.2 Å². The van der Waals surface area contributed by atoms with Crippen molar-refractivity contribution in [3.05, 3.63) is 34.6 Å². The summed E-state index contributed by atoms with van der Waals surface area (Å²) in [5.41, 5.74) is 4.15. The van der Waals surface area contributed by atoms with Crippen LogP contribution in [0.15, 0.2) is 12.1 Å². The maximum absolute atomic E-state index is 13.1. The molecule has 1 amide bonds. The number of carbonyl (C=O) groups excluding carboxylic acids is 2. The second kappa shape index (κ2) is 3.66. The van der Waals surface area contributed by atoms with Crippen molar-refractivity contribution in [2.45, 2.75) is 0 Å². The van der Waals surface area contributed by atoms with Gasteiger partial charge in [0.15, 0.2) is 6.29 Å². The van der Waals surface area contributed by atoms with Crippen molar-refractivity contribution in [2.75, 3.05) is 0 Å². The van der Waals surface area contributed by atoms with E-state index in [1.807, 2.05) is 0 Å². The van der Waals surface area contributed by atoms with E-state index in [0.717, 1.165) is 12.1 Å². The molecular formula is C9H5FN2O2. The third-order valence-corrected chi connectivity index (χ3v) is 1.64. The first-order valence-electron chi connectivity index (χ1n) is 3.58. The molecule has 0 aliphatic carbocycles. The molecule has 0 spiro atoms. The van der Waals surface area contributed by atoms with Crippen molar-refractivity contribution in [2.24, 2.45) is 5.73 Å². The second-order valence-electron chi connectivity index (χ2n) is 2.51. The molecule has 0 unspecified atom stereocenters. The average Bonchev–Trinajstić information content (AvgIpc) is 2.16. The predicted molar refractivity (Wildman–Crippen MR) is 45.0 cm³/mol. The topological polar surface area (TPSA) is 83.9 Å². The summed E-state index contributed by atoms with van der Waals surface area (Å²) >= 11 is 0. The highest BCUT2D eigenvalue weighted by Gasteiger charge is 2.14. The van der Waals surface area contributed by atoms with Crippen LogP contribution in [0.5, 0.6) is 0 Å². The van der Waals surface area contributed by atoms with Gasteiger partial charge in [-0.3, -0.25) is 9.59 Å². The van der Waals surface area contributed by atoms with Gasteiger partial charge in [0.2, 0.25) is 5.91 Å². The van der Waals surface area contributed by atoms with E-state index in [2.05, 4.69) is 0 Å². The number of amides is 1. The molecule has 0 aromatic heterocycles. The molecule has 0 aliphatic heterocycles. The Balaban J connectivity index is 3.53. The number of nitrogens with zero attached hydrogens (tertiary/aromatic N) is 1. The molecule has 1 rings (SSSR count). The van der Waals surface area contributed by atoms with Gasteiger partial charge >= 0.3 is 0 Å². The van der Waals surface area contributed by atoms with Crippen LogP contribution in [0, 0.1) is 17.1 Å². The molecule has 0 atom stereocenters. The minimum absolute atomic E-state index is 0.0538. The van der Waals surface area contributed by atoms with Gasteiger partial charge in [-0.05, 0) is 12.1 Å². The predicted octanol–water partition coefficient (Wildman–Crippen LogP) is 0.609. The molecule has 1 aromatic rings. The van der Waals surface area contributed by atoms with Crippen LogP contribution in [0.1, 0.15) is 26.3 Å². The Morgan fingerprint density at radius 3 is 2.64 bits per heavy atom. The molecule has 1 aromatic carbocycles. The number of halogens is 1. The number of nitrogens with two attached hydrogens (primary N) is 1. The zero-order chi connectivity index (χ0) is 10.7. The molecule has 0 aliphatic rings. The SMILES string of the molecule is N#Cc1cc(F)c(C=O)c(C(N)=O)c1. The maximum atomic E-state index is 13.1. The molecule has 4 nitrogen and oxygen atoms in total. The summed E-state index contributed by atoms with van der Waals surface area (Å²) in [6.07, 6.45) is 0.191. The van der Waals surface area contributed by atoms with Crippen molar-refractivity contribution in [3.8, 4) is 6.07 Å². The lowest BCUT2D eigenvalue weighted by molar-refractivity contribution is 0.0992. The van der Waals surface area contributed by atoms with Gasteiger partial charge in [-0.15, -0.1) is 0 Å². The summed E-state index contributed by atoms with van der Waals surface area (Å²) in [5.74, 6) is -1.86. The molecule has 0 radical (unpaired) electrons. The molecule has 5 heteroatoms. The molecule has 0 fully saturated rings. The summed E-state index contributed by atoms with van der Waals surface area (Å²) in [7, 11) is 0. The fourth-order valence-corrected chi connectivity index (χ4v) is 1.01. The van der Waals surface area contributed by atoms with E-state index < -0.39 is 17.3 Å². The molecule has 14 heavy (non-hydrogen) atoms. The third-order valence-electron chi connectivity index (χ3n) is 1.64. The van der Waals surface area contributed by atoms with Crippen LogP contribution in [0.3, 0.4) is 0 Å². The summed E-state index contributed by atoms with van der Waals surface area (Å²) in [6.45, 7) is 0. The first kappa shape index (κ1) is 9.86. The van der Waals surface area contributed by atoms with E-state index in [-0.39, 0.29) is 17.4 Å². The fraction of sp³-hybridized carbons (Fsp3) is 0. The molecule has 2 N–H and O–H groups in total. The Kier molecular flexibility index (Phi) is 2.58. The molecule has 0 saturated carbocycles. The minimum atomic E-state index is -0.942. The number of hydrogen-bond acceptors (Lipinski definition) is 3. The lowest BCUT2D eigenvalue weighted by Crippen LogP contribution is -2.15.